The molecule has 0 spiro atoms. The quantitative estimate of drug-likeness (QED) is 0.850. The van der Waals surface area contributed by atoms with Crippen LogP contribution in [0.5, 0.6) is 11.5 Å². The fourth-order valence-electron chi connectivity index (χ4n) is 2.10. The number of benzene rings is 1. The third-order valence-corrected chi connectivity index (χ3v) is 4.05. The van der Waals surface area contributed by atoms with Gasteiger partial charge in [0.25, 0.3) is 0 Å². The van der Waals surface area contributed by atoms with E-state index >= 15 is 0 Å². The SMILES string of the molecule is CCOc1ccc(C(N)Cc2nc(C)cs2)cc1OCC. The molecule has 0 aliphatic carbocycles. The molecule has 0 amide bonds. The van der Waals surface area contributed by atoms with Crippen molar-refractivity contribution in [2.24, 2.45) is 5.73 Å². The average molecular weight is 306 g/mol. The van der Waals surface area contributed by atoms with Crippen molar-refractivity contribution in [1.82, 2.24) is 4.98 Å². The maximum atomic E-state index is 6.30. The van der Waals surface area contributed by atoms with Crippen LogP contribution in [-0.2, 0) is 6.42 Å². The zero-order valence-corrected chi connectivity index (χ0v) is 13.6. The molecule has 0 aliphatic rings. The molecule has 21 heavy (non-hydrogen) atoms. The van der Waals surface area contributed by atoms with Crippen molar-refractivity contribution in [1.29, 1.82) is 0 Å². The maximum absolute atomic E-state index is 6.30. The van der Waals surface area contributed by atoms with Gasteiger partial charge < -0.3 is 15.2 Å². The van der Waals surface area contributed by atoms with Crippen LogP contribution in [0.1, 0.15) is 36.2 Å². The van der Waals surface area contributed by atoms with Gasteiger partial charge in [0.05, 0.1) is 18.2 Å². The molecule has 2 aromatic rings. The maximum Gasteiger partial charge on any atom is 0.161 e. The number of thiazole rings is 1. The Hall–Kier alpha value is -1.59. The highest BCUT2D eigenvalue weighted by atomic mass is 32.1. The van der Waals surface area contributed by atoms with Crippen molar-refractivity contribution < 1.29 is 9.47 Å². The second-order valence-corrected chi connectivity index (χ2v) is 5.71. The summed E-state index contributed by atoms with van der Waals surface area (Å²) in [6, 6.07) is 5.81. The van der Waals surface area contributed by atoms with E-state index in [-0.39, 0.29) is 6.04 Å². The summed E-state index contributed by atoms with van der Waals surface area (Å²) in [7, 11) is 0. The molecule has 0 saturated carbocycles. The van der Waals surface area contributed by atoms with Crippen molar-refractivity contribution >= 4 is 11.3 Å². The van der Waals surface area contributed by atoms with Crippen LogP contribution < -0.4 is 15.2 Å². The minimum atomic E-state index is -0.0922. The molecular formula is C16H22N2O2S. The summed E-state index contributed by atoms with van der Waals surface area (Å²) in [5, 5.41) is 3.11. The molecule has 1 aromatic carbocycles. The third-order valence-electron chi connectivity index (χ3n) is 3.06. The van der Waals surface area contributed by atoms with Crippen LogP contribution in [0.4, 0.5) is 0 Å². The number of aromatic nitrogens is 1. The van der Waals surface area contributed by atoms with E-state index in [1.54, 1.807) is 11.3 Å². The molecule has 2 rings (SSSR count). The van der Waals surface area contributed by atoms with Gasteiger partial charge in [-0.05, 0) is 38.5 Å². The van der Waals surface area contributed by atoms with Crippen molar-refractivity contribution in [3.8, 4) is 11.5 Å². The number of aryl methyl sites for hydroxylation is 1. The first-order valence-corrected chi connectivity index (χ1v) is 8.08. The van der Waals surface area contributed by atoms with Gasteiger partial charge in [0.1, 0.15) is 0 Å². The molecule has 0 saturated heterocycles. The van der Waals surface area contributed by atoms with Gasteiger partial charge >= 0.3 is 0 Å². The number of hydrogen-bond donors (Lipinski definition) is 1. The van der Waals surface area contributed by atoms with Crippen LogP contribution in [-0.4, -0.2) is 18.2 Å². The lowest BCUT2D eigenvalue weighted by Gasteiger charge is -2.15. The van der Waals surface area contributed by atoms with E-state index in [1.807, 2.05) is 44.4 Å². The van der Waals surface area contributed by atoms with Gasteiger partial charge in [-0.3, -0.25) is 0 Å². The van der Waals surface area contributed by atoms with E-state index in [4.69, 9.17) is 15.2 Å². The summed E-state index contributed by atoms with van der Waals surface area (Å²) in [5.74, 6) is 1.52. The normalized spacial score (nSPS) is 12.2. The van der Waals surface area contributed by atoms with Crippen LogP contribution in [0, 0.1) is 6.92 Å². The summed E-state index contributed by atoms with van der Waals surface area (Å²) in [5.41, 5.74) is 8.38. The van der Waals surface area contributed by atoms with Crippen molar-refractivity contribution in [3.63, 3.8) is 0 Å². The lowest BCUT2D eigenvalue weighted by atomic mass is 10.0. The van der Waals surface area contributed by atoms with Crippen LogP contribution in [0.15, 0.2) is 23.6 Å². The summed E-state index contributed by atoms with van der Waals surface area (Å²) in [6.07, 6.45) is 0.734. The van der Waals surface area contributed by atoms with Crippen molar-refractivity contribution in [2.45, 2.75) is 33.2 Å². The monoisotopic (exact) mass is 306 g/mol. The predicted molar refractivity (Wildman–Crippen MR) is 86.3 cm³/mol. The predicted octanol–water partition coefficient (Wildman–Crippen LogP) is 3.49. The molecule has 5 heteroatoms. The molecule has 0 fully saturated rings. The Kier molecular flexibility index (Phi) is 5.59. The fraction of sp³-hybridized carbons (Fsp3) is 0.438. The summed E-state index contributed by atoms with van der Waals surface area (Å²) in [4.78, 5) is 4.46. The number of nitrogens with two attached hydrogens (primary N) is 1. The molecule has 0 radical (unpaired) electrons. The Balaban J connectivity index is 2.16. The first-order chi connectivity index (χ1) is 10.1. The molecule has 0 bridgehead atoms. The Morgan fingerprint density at radius 2 is 1.90 bits per heavy atom. The number of nitrogens with zero attached hydrogens (tertiary/aromatic N) is 1. The smallest absolute Gasteiger partial charge is 0.161 e. The highest BCUT2D eigenvalue weighted by molar-refractivity contribution is 7.09. The lowest BCUT2D eigenvalue weighted by molar-refractivity contribution is 0.287. The highest BCUT2D eigenvalue weighted by Gasteiger charge is 2.13. The number of rotatable bonds is 7. The van der Waals surface area contributed by atoms with E-state index in [0.717, 1.165) is 34.2 Å². The molecule has 114 valence electrons. The molecular weight excluding hydrogens is 284 g/mol. The van der Waals surface area contributed by atoms with Gasteiger partial charge in [-0.2, -0.15) is 0 Å². The first-order valence-electron chi connectivity index (χ1n) is 7.20. The summed E-state index contributed by atoms with van der Waals surface area (Å²) in [6.45, 7) is 7.13. The van der Waals surface area contributed by atoms with Crippen molar-refractivity contribution in [2.75, 3.05) is 13.2 Å². The number of hydrogen-bond acceptors (Lipinski definition) is 5. The molecule has 4 nitrogen and oxygen atoms in total. The van der Waals surface area contributed by atoms with E-state index in [2.05, 4.69) is 4.98 Å². The largest absolute Gasteiger partial charge is 0.490 e. The third kappa shape index (κ3) is 4.19. The molecule has 0 aliphatic heterocycles. The standard InChI is InChI=1S/C16H22N2O2S/c1-4-19-14-7-6-12(8-15(14)20-5-2)13(17)9-16-18-11(3)10-21-16/h6-8,10,13H,4-5,9,17H2,1-3H3. The summed E-state index contributed by atoms with van der Waals surface area (Å²) < 4.78 is 11.2. The molecule has 1 aromatic heterocycles. The Morgan fingerprint density at radius 3 is 2.52 bits per heavy atom. The van der Waals surface area contributed by atoms with E-state index in [1.165, 1.54) is 0 Å². The minimum Gasteiger partial charge on any atom is -0.490 e. The molecule has 1 unspecified atom stereocenters. The van der Waals surface area contributed by atoms with Gasteiger partial charge in [0, 0.05) is 23.5 Å². The Labute approximate surface area is 129 Å². The van der Waals surface area contributed by atoms with Crippen LogP contribution >= 0.6 is 11.3 Å². The zero-order valence-electron chi connectivity index (χ0n) is 12.8. The van der Waals surface area contributed by atoms with Gasteiger partial charge in [-0.25, -0.2) is 4.98 Å². The van der Waals surface area contributed by atoms with Crippen LogP contribution in [0.2, 0.25) is 0 Å². The molecule has 2 N–H and O–H groups in total. The topological polar surface area (TPSA) is 57.4 Å². The van der Waals surface area contributed by atoms with Gasteiger partial charge in [-0.1, -0.05) is 6.07 Å². The Bertz CT molecular complexity index is 583. The molecule has 1 atom stereocenters. The summed E-state index contributed by atoms with van der Waals surface area (Å²) >= 11 is 1.65. The zero-order chi connectivity index (χ0) is 15.2. The number of ether oxygens (including phenoxy) is 2. The van der Waals surface area contributed by atoms with E-state index in [9.17, 15) is 0 Å². The lowest BCUT2D eigenvalue weighted by Crippen LogP contribution is -2.13. The van der Waals surface area contributed by atoms with Crippen molar-refractivity contribution in [3.05, 3.63) is 39.8 Å². The van der Waals surface area contributed by atoms with Gasteiger partial charge in [0.2, 0.25) is 0 Å². The van der Waals surface area contributed by atoms with Crippen LogP contribution in [0.3, 0.4) is 0 Å². The second kappa shape index (κ2) is 7.43. The fourth-order valence-corrected chi connectivity index (χ4v) is 2.93. The molecule has 1 heterocycles. The van der Waals surface area contributed by atoms with Gasteiger partial charge in [-0.15, -0.1) is 11.3 Å². The van der Waals surface area contributed by atoms with Gasteiger partial charge in [0.15, 0.2) is 11.5 Å². The minimum absolute atomic E-state index is 0.0922. The first kappa shape index (κ1) is 15.8. The average Bonchev–Trinajstić information content (AvgIpc) is 2.86. The highest BCUT2D eigenvalue weighted by Crippen LogP contribution is 2.31. The van der Waals surface area contributed by atoms with E-state index < -0.39 is 0 Å². The van der Waals surface area contributed by atoms with E-state index in [0.29, 0.717) is 13.2 Å². The second-order valence-electron chi connectivity index (χ2n) is 4.77. The van der Waals surface area contributed by atoms with Crippen LogP contribution in [0.25, 0.3) is 0 Å². The Morgan fingerprint density at radius 1 is 1.19 bits per heavy atom.